The lowest BCUT2D eigenvalue weighted by Gasteiger charge is -2.61. The number of hydrogen-bond donors (Lipinski definition) is 2. The number of amides is 1. The van der Waals surface area contributed by atoms with Crippen molar-refractivity contribution in [3.8, 4) is 0 Å². The van der Waals surface area contributed by atoms with Gasteiger partial charge in [0.2, 0.25) is 0 Å². The summed E-state index contributed by atoms with van der Waals surface area (Å²) in [6, 6.07) is 2.14. The van der Waals surface area contributed by atoms with Crippen LogP contribution in [0.5, 0.6) is 0 Å². The predicted octanol–water partition coefficient (Wildman–Crippen LogP) is 4.50. The van der Waals surface area contributed by atoms with Gasteiger partial charge in [0.25, 0.3) is 0 Å². The lowest BCUT2D eigenvalue weighted by molar-refractivity contribution is -0.179. The number of halogens is 4. The summed E-state index contributed by atoms with van der Waals surface area (Å²) in [5.74, 6) is -1.05. The van der Waals surface area contributed by atoms with E-state index in [4.69, 9.17) is 4.74 Å². The fourth-order valence-corrected chi connectivity index (χ4v) is 4.30. The zero-order valence-electron chi connectivity index (χ0n) is 15.4. The predicted molar refractivity (Wildman–Crippen MR) is 89.4 cm³/mol. The second-order valence-electron chi connectivity index (χ2n) is 8.83. The van der Waals surface area contributed by atoms with Crippen LogP contribution >= 0.6 is 0 Å². The summed E-state index contributed by atoms with van der Waals surface area (Å²) < 4.78 is 57.3. The highest BCUT2D eigenvalue weighted by molar-refractivity contribution is 5.68. The number of alkyl carbamates (subject to hydrolysis) is 1. The number of hydrogen-bond acceptors (Lipinski definition) is 3. The first-order valence-electron chi connectivity index (χ1n) is 8.81. The van der Waals surface area contributed by atoms with E-state index in [0.717, 1.165) is 12.1 Å². The monoisotopic (exact) mass is 389 g/mol. The Labute approximate surface area is 154 Å². The quantitative estimate of drug-likeness (QED) is 0.733. The molecule has 2 aliphatic carbocycles. The molecule has 0 heterocycles. The molecule has 0 radical (unpaired) electrons. The maximum Gasteiger partial charge on any atom is 0.416 e. The Balaban J connectivity index is 1.57. The van der Waals surface area contributed by atoms with Crippen LogP contribution in [0.3, 0.4) is 0 Å². The average Bonchev–Trinajstić information content (AvgIpc) is 2.40. The minimum absolute atomic E-state index is 0.0816. The van der Waals surface area contributed by atoms with Gasteiger partial charge in [-0.3, -0.25) is 0 Å². The number of rotatable bonds is 2. The van der Waals surface area contributed by atoms with Gasteiger partial charge < -0.3 is 15.2 Å². The van der Waals surface area contributed by atoms with Crippen LogP contribution in [0.25, 0.3) is 0 Å². The molecule has 0 aromatic heterocycles. The molecule has 0 atom stereocenters. The number of nitrogens with one attached hydrogen (secondary N) is 1. The van der Waals surface area contributed by atoms with Crippen LogP contribution in [0, 0.1) is 11.2 Å². The van der Waals surface area contributed by atoms with Crippen LogP contribution in [-0.4, -0.2) is 22.8 Å². The number of carbonyl (C=O) groups excluding carboxylic acids is 1. The normalized spacial score (nSPS) is 30.4. The maximum absolute atomic E-state index is 14.1. The summed E-state index contributed by atoms with van der Waals surface area (Å²) in [7, 11) is 0. The largest absolute Gasteiger partial charge is 0.444 e. The van der Waals surface area contributed by atoms with Crippen LogP contribution in [0.1, 0.15) is 57.6 Å². The van der Waals surface area contributed by atoms with Crippen LogP contribution in [0.4, 0.5) is 22.4 Å². The number of carbonyl (C=O) groups is 1. The first kappa shape index (κ1) is 19.9. The van der Waals surface area contributed by atoms with E-state index >= 15 is 0 Å². The minimum atomic E-state index is -4.63. The highest BCUT2D eigenvalue weighted by Gasteiger charge is 2.61. The topological polar surface area (TPSA) is 58.6 Å². The van der Waals surface area contributed by atoms with E-state index < -0.39 is 34.9 Å². The van der Waals surface area contributed by atoms with E-state index in [1.807, 2.05) is 0 Å². The van der Waals surface area contributed by atoms with Gasteiger partial charge in [0, 0.05) is 11.6 Å². The second kappa shape index (κ2) is 6.09. The number of benzene rings is 1. The van der Waals surface area contributed by atoms with E-state index in [1.165, 1.54) is 0 Å². The van der Waals surface area contributed by atoms with Gasteiger partial charge >= 0.3 is 12.3 Å². The van der Waals surface area contributed by atoms with Crippen LogP contribution in [0.2, 0.25) is 0 Å². The Morgan fingerprint density at radius 2 is 1.81 bits per heavy atom. The highest BCUT2D eigenvalue weighted by atomic mass is 19.4. The molecule has 2 aliphatic rings. The van der Waals surface area contributed by atoms with Gasteiger partial charge in [-0.05, 0) is 64.0 Å². The first-order chi connectivity index (χ1) is 12.2. The van der Waals surface area contributed by atoms with Crippen molar-refractivity contribution in [1.29, 1.82) is 0 Å². The summed E-state index contributed by atoms with van der Waals surface area (Å²) in [5.41, 5.74) is -3.46. The highest BCUT2D eigenvalue weighted by Crippen LogP contribution is 2.64. The molecule has 0 bridgehead atoms. The lowest BCUT2D eigenvalue weighted by atomic mass is 9.47. The van der Waals surface area contributed by atoms with Gasteiger partial charge in [0.05, 0.1) is 11.2 Å². The second-order valence-corrected chi connectivity index (χ2v) is 8.83. The van der Waals surface area contributed by atoms with Crippen molar-refractivity contribution in [1.82, 2.24) is 5.32 Å². The van der Waals surface area contributed by atoms with Crippen molar-refractivity contribution < 1.29 is 32.2 Å². The molecule has 1 spiro atoms. The third-order valence-corrected chi connectivity index (χ3v) is 5.21. The molecular formula is C19H23F4NO3. The SMILES string of the molecule is CC(C)(C)OC(=O)NC1CC2(C1)CC(O)(c1ccc(C(F)(F)F)cc1F)C2. The third-order valence-electron chi connectivity index (χ3n) is 5.21. The third kappa shape index (κ3) is 4.05. The molecule has 4 nitrogen and oxygen atoms in total. The van der Waals surface area contributed by atoms with Crippen molar-refractivity contribution >= 4 is 6.09 Å². The molecule has 27 heavy (non-hydrogen) atoms. The fourth-order valence-electron chi connectivity index (χ4n) is 4.30. The number of ether oxygens (including phenoxy) is 1. The van der Waals surface area contributed by atoms with Crippen molar-refractivity contribution in [2.45, 2.75) is 69.9 Å². The zero-order chi connectivity index (χ0) is 20.3. The molecular weight excluding hydrogens is 366 g/mol. The molecule has 2 N–H and O–H groups in total. The molecule has 1 aromatic carbocycles. The van der Waals surface area contributed by atoms with Gasteiger partial charge in [0.15, 0.2) is 0 Å². The van der Waals surface area contributed by atoms with Crippen molar-refractivity contribution in [3.63, 3.8) is 0 Å². The molecule has 2 saturated carbocycles. The smallest absolute Gasteiger partial charge is 0.416 e. The Hall–Kier alpha value is -1.83. The van der Waals surface area contributed by atoms with Crippen molar-refractivity contribution in [2.24, 2.45) is 5.41 Å². The zero-order valence-corrected chi connectivity index (χ0v) is 15.4. The molecule has 2 fully saturated rings. The first-order valence-corrected chi connectivity index (χ1v) is 8.81. The molecule has 8 heteroatoms. The summed E-state index contributed by atoms with van der Waals surface area (Å²) in [6.45, 7) is 5.29. The molecule has 1 amide bonds. The standard InChI is InChI=1S/C19H23F4NO3/c1-16(2,3)27-15(25)24-12-7-17(8-12)9-18(26,10-17)13-5-4-11(6-14(13)20)19(21,22)23/h4-6,12,26H,7-10H2,1-3H3,(H,24,25). The molecule has 0 aliphatic heterocycles. The van der Waals surface area contributed by atoms with E-state index in [1.54, 1.807) is 20.8 Å². The summed E-state index contributed by atoms with van der Waals surface area (Å²) in [4.78, 5) is 11.8. The van der Waals surface area contributed by atoms with Gasteiger partial charge in [-0.15, -0.1) is 0 Å². The Bertz CT molecular complexity index is 740. The molecule has 0 saturated heterocycles. The summed E-state index contributed by atoms with van der Waals surface area (Å²) in [6.07, 6.45) is -3.38. The van der Waals surface area contributed by atoms with Gasteiger partial charge in [-0.2, -0.15) is 13.2 Å². The summed E-state index contributed by atoms with van der Waals surface area (Å²) in [5, 5.41) is 13.4. The number of aliphatic hydroxyl groups is 1. The van der Waals surface area contributed by atoms with Crippen molar-refractivity contribution in [3.05, 3.63) is 35.1 Å². The molecule has 1 aromatic rings. The lowest BCUT2D eigenvalue weighted by Crippen LogP contribution is -2.61. The van der Waals surface area contributed by atoms with E-state index in [2.05, 4.69) is 5.32 Å². The van der Waals surface area contributed by atoms with Crippen LogP contribution in [0.15, 0.2) is 18.2 Å². The Kier molecular flexibility index (Phi) is 4.49. The van der Waals surface area contributed by atoms with E-state index in [-0.39, 0.29) is 29.9 Å². The van der Waals surface area contributed by atoms with Gasteiger partial charge in [-0.1, -0.05) is 6.07 Å². The van der Waals surface area contributed by atoms with Crippen LogP contribution < -0.4 is 5.32 Å². The van der Waals surface area contributed by atoms with E-state index in [9.17, 15) is 27.5 Å². The molecule has 150 valence electrons. The minimum Gasteiger partial charge on any atom is -0.444 e. The number of alkyl halides is 3. The van der Waals surface area contributed by atoms with Crippen LogP contribution in [-0.2, 0) is 16.5 Å². The Morgan fingerprint density at radius 3 is 2.30 bits per heavy atom. The van der Waals surface area contributed by atoms with Gasteiger partial charge in [-0.25, -0.2) is 9.18 Å². The maximum atomic E-state index is 14.1. The van der Waals surface area contributed by atoms with E-state index in [0.29, 0.717) is 18.9 Å². The molecule has 3 rings (SSSR count). The molecule has 0 unspecified atom stereocenters. The van der Waals surface area contributed by atoms with Crippen molar-refractivity contribution in [2.75, 3.05) is 0 Å². The van der Waals surface area contributed by atoms with Gasteiger partial charge in [0.1, 0.15) is 11.4 Å². The Morgan fingerprint density at radius 1 is 1.22 bits per heavy atom. The fraction of sp³-hybridized carbons (Fsp3) is 0.632. The summed E-state index contributed by atoms with van der Waals surface area (Å²) >= 11 is 0. The average molecular weight is 389 g/mol.